The number of carbonyl (C=O) groups excluding carboxylic acids is 1. The first-order valence-corrected chi connectivity index (χ1v) is 12.0. The first-order chi connectivity index (χ1) is 14.6. The standard InChI is InChI=1S/C20H26F2N4O4S/c1-12(14-8-15(21)18(16(22)9-14)26-31(2,28)29)24-19(27)17-11-30-20(25-17)23-10-13-6-4-3-5-7-13/h8-9,11-13,26H,3-7,10H2,1-2H3,(H,23,25)(H,24,27). The highest BCUT2D eigenvalue weighted by Gasteiger charge is 2.20. The maximum Gasteiger partial charge on any atom is 0.295 e. The van der Waals surface area contributed by atoms with E-state index in [9.17, 15) is 22.0 Å². The largest absolute Gasteiger partial charge is 0.431 e. The Kier molecular flexibility index (Phi) is 7.14. The molecule has 3 N–H and O–H groups in total. The van der Waals surface area contributed by atoms with Gasteiger partial charge in [-0.15, -0.1) is 0 Å². The zero-order valence-corrected chi connectivity index (χ0v) is 18.2. The van der Waals surface area contributed by atoms with Crippen LogP contribution < -0.4 is 15.4 Å². The van der Waals surface area contributed by atoms with E-state index in [0.29, 0.717) is 5.92 Å². The average Bonchev–Trinajstić information content (AvgIpc) is 3.18. The first kappa shape index (κ1) is 23.0. The lowest BCUT2D eigenvalue weighted by Crippen LogP contribution is -2.27. The molecule has 1 aromatic carbocycles. The van der Waals surface area contributed by atoms with E-state index in [0.717, 1.165) is 37.8 Å². The molecule has 0 saturated heterocycles. The number of rotatable bonds is 8. The van der Waals surface area contributed by atoms with Gasteiger partial charge < -0.3 is 15.1 Å². The topological polar surface area (TPSA) is 113 Å². The van der Waals surface area contributed by atoms with Crippen molar-refractivity contribution in [3.05, 3.63) is 41.3 Å². The van der Waals surface area contributed by atoms with Gasteiger partial charge in [-0.2, -0.15) is 4.98 Å². The summed E-state index contributed by atoms with van der Waals surface area (Å²) in [5, 5.41) is 5.69. The van der Waals surface area contributed by atoms with Crippen molar-refractivity contribution in [3.8, 4) is 0 Å². The summed E-state index contributed by atoms with van der Waals surface area (Å²) in [4.78, 5) is 16.5. The maximum atomic E-state index is 14.2. The molecular formula is C20H26F2N4O4S. The average molecular weight is 457 g/mol. The van der Waals surface area contributed by atoms with Crippen LogP contribution in [0.3, 0.4) is 0 Å². The summed E-state index contributed by atoms with van der Waals surface area (Å²) in [5.74, 6) is -2.18. The van der Waals surface area contributed by atoms with Gasteiger partial charge in [0.15, 0.2) is 17.3 Å². The van der Waals surface area contributed by atoms with E-state index < -0.39 is 39.3 Å². The molecule has 1 amide bonds. The SMILES string of the molecule is CC(NC(=O)c1coc(NCC2CCCCC2)n1)c1cc(F)c(NS(C)(=O)=O)c(F)c1. The van der Waals surface area contributed by atoms with Crippen molar-refractivity contribution in [2.24, 2.45) is 5.92 Å². The number of nitrogens with one attached hydrogen (secondary N) is 3. The molecule has 1 unspecified atom stereocenters. The van der Waals surface area contributed by atoms with Crippen LogP contribution in [0, 0.1) is 17.6 Å². The number of halogens is 2. The second-order valence-corrected chi connectivity index (χ2v) is 9.60. The van der Waals surface area contributed by atoms with Crippen molar-refractivity contribution in [1.82, 2.24) is 10.3 Å². The highest BCUT2D eigenvalue weighted by molar-refractivity contribution is 7.92. The second kappa shape index (κ2) is 9.63. The summed E-state index contributed by atoms with van der Waals surface area (Å²) in [6.45, 7) is 2.27. The molecular weight excluding hydrogens is 430 g/mol. The van der Waals surface area contributed by atoms with Gasteiger partial charge in [0.1, 0.15) is 12.0 Å². The van der Waals surface area contributed by atoms with E-state index in [1.807, 2.05) is 0 Å². The summed E-state index contributed by atoms with van der Waals surface area (Å²) in [6.07, 6.45) is 8.02. The van der Waals surface area contributed by atoms with Crippen LogP contribution in [0.5, 0.6) is 0 Å². The molecule has 0 aliphatic heterocycles. The number of carbonyl (C=O) groups is 1. The van der Waals surface area contributed by atoms with Crippen molar-refractivity contribution in [2.75, 3.05) is 22.8 Å². The summed E-state index contributed by atoms with van der Waals surface area (Å²) < 4.78 is 58.0. The fourth-order valence-corrected chi connectivity index (χ4v) is 4.13. The lowest BCUT2D eigenvalue weighted by molar-refractivity contribution is 0.0934. The molecule has 1 aliphatic carbocycles. The van der Waals surface area contributed by atoms with Crippen LogP contribution in [0.2, 0.25) is 0 Å². The fraction of sp³-hybridized carbons (Fsp3) is 0.500. The number of amides is 1. The number of sulfonamides is 1. The van der Waals surface area contributed by atoms with E-state index in [1.165, 1.54) is 32.4 Å². The van der Waals surface area contributed by atoms with Gasteiger partial charge in [-0.25, -0.2) is 17.2 Å². The van der Waals surface area contributed by atoms with Gasteiger partial charge in [-0.1, -0.05) is 19.3 Å². The van der Waals surface area contributed by atoms with E-state index >= 15 is 0 Å². The number of aromatic nitrogens is 1. The number of hydrogen-bond acceptors (Lipinski definition) is 6. The number of anilines is 2. The molecule has 2 aromatic rings. The van der Waals surface area contributed by atoms with Gasteiger partial charge >= 0.3 is 0 Å². The molecule has 170 valence electrons. The van der Waals surface area contributed by atoms with Crippen LogP contribution in [0.25, 0.3) is 0 Å². The summed E-state index contributed by atoms with van der Waals surface area (Å²) in [6, 6.07) is 1.40. The van der Waals surface area contributed by atoms with Crippen molar-refractivity contribution in [1.29, 1.82) is 0 Å². The quantitative estimate of drug-likeness (QED) is 0.557. The number of benzene rings is 1. The van der Waals surface area contributed by atoms with Gasteiger partial charge in [0.25, 0.3) is 11.9 Å². The molecule has 0 radical (unpaired) electrons. The zero-order valence-electron chi connectivity index (χ0n) is 17.4. The smallest absolute Gasteiger partial charge is 0.295 e. The van der Waals surface area contributed by atoms with E-state index in [2.05, 4.69) is 15.6 Å². The van der Waals surface area contributed by atoms with Crippen LogP contribution in [-0.4, -0.2) is 32.1 Å². The minimum absolute atomic E-state index is 0.0364. The molecule has 1 heterocycles. The lowest BCUT2D eigenvalue weighted by atomic mass is 9.89. The predicted molar refractivity (Wildman–Crippen MR) is 112 cm³/mol. The lowest BCUT2D eigenvalue weighted by Gasteiger charge is -2.21. The molecule has 31 heavy (non-hydrogen) atoms. The molecule has 0 bridgehead atoms. The highest BCUT2D eigenvalue weighted by atomic mass is 32.2. The third kappa shape index (κ3) is 6.39. The molecule has 1 aliphatic rings. The van der Waals surface area contributed by atoms with Crippen LogP contribution in [0.15, 0.2) is 22.8 Å². The normalized spacial score (nSPS) is 16.0. The minimum Gasteiger partial charge on any atom is -0.431 e. The molecule has 8 nitrogen and oxygen atoms in total. The van der Waals surface area contributed by atoms with Crippen molar-refractivity contribution in [3.63, 3.8) is 0 Å². The Bertz CT molecular complexity index is 1010. The van der Waals surface area contributed by atoms with Gasteiger partial charge in [0, 0.05) is 6.54 Å². The Morgan fingerprint density at radius 3 is 2.48 bits per heavy atom. The summed E-state index contributed by atoms with van der Waals surface area (Å²) in [5.41, 5.74) is -0.606. The Morgan fingerprint density at radius 2 is 1.87 bits per heavy atom. The summed E-state index contributed by atoms with van der Waals surface area (Å²) >= 11 is 0. The summed E-state index contributed by atoms with van der Waals surface area (Å²) in [7, 11) is -3.84. The van der Waals surface area contributed by atoms with E-state index in [-0.39, 0.29) is 17.3 Å². The number of oxazole rings is 1. The van der Waals surface area contributed by atoms with Gasteiger partial charge in [0.05, 0.1) is 12.3 Å². The van der Waals surface area contributed by atoms with Crippen molar-refractivity contribution in [2.45, 2.75) is 45.1 Å². The zero-order chi connectivity index (χ0) is 22.6. The first-order valence-electron chi connectivity index (χ1n) is 10.1. The third-order valence-corrected chi connectivity index (χ3v) is 5.78. The van der Waals surface area contributed by atoms with Gasteiger partial charge in [-0.05, 0) is 43.4 Å². The molecule has 0 spiro atoms. The van der Waals surface area contributed by atoms with E-state index in [4.69, 9.17) is 4.42 Å². The van der Waals surface area contributed by atoms with Crippen molar-refractivity contribution < 1.29 is 26.4 Å². The Labute approximate surface area is 179 Å². The maximum absolute atomic E-state index is 14.2. The molecule has 3 rings (SSSR count). The molecule has 1 atom stereocenters. The monoisotopic (exact) mass is 456 g/mol. The van der Waals surface area contributed by atoms with E-state index in [1.54, 1.807) is 4.72 Å². The molecule has 1 aromatic heterocycles. The van der Waals surface area contributed by atoms with Crippen LogP contribution in [0.1, 0.15) is 61.1 Å². The number of hydrogen-bond donors (Lipinski definition) is 3. The minimum atomic E-state index is -3.84. The third-order valence-electron chi connectivity index (χ3n) is 5.20. The highest BCUT2D eigenvalue weighted by Crippen LogP contribution is 2.26. The Balaban J connectivity index is 1.61. The van der Waals surface area contributed by atoms with Crippen molar-refractivity contribution >= 4 is 27.6 Å². The number of nitrogens with zero attached hydrogens (tertiary/aromatic N) is 1. The van der Waals surface area contributed by atoms with Gasteiger partial charge in [0.2, 0.25) is 10.0 Å². The predicted octanol–water partition coefficient (Wildman–Crippen LogP) is 3.81. The van der Waals surface area contributed by atoms with Crippen LogP contribution in [0.4, 0.5) is 20.5 Å². The van der Waals surface area contributed by atoms with Crippen LogP contribution in [-0.2, 0) is 10.0 Å². The molecule has 1 saturated carbocycles. The fourth-order valence-electron chi connectivity index (χ4n) is 3.56. The molecule has 11 heteroatoms. The van der Waals surface area contributed by atoms with Gasteiger partial charge in [-0.3, -0.25) is 9.52 Å². The Morgan fingerprint density at radius 1 is 1.23 bits per heavy atom. The van der Waals surface area contributed by atoms with Crippen LogP contribution >= 0.6 is 0 Å². The Hall–Kier alpha value is -2.69. The molecule has 1 fully saturated rings. The second-order valence-electron chi connectivity index (χ2n) is 7.85.